The van der Waals surface area contributed by atoms with Crippen LogP contribution in [0.15, 0.2) is 24.5 Å². The maximum absolute atomic E-state index is 6.10. The molecule has 0 fully saturated rings. The molecular formula is C15H21N5. The molecule has 20 heavy (non-hydrogen) atoms. The number of nitrogen functional groups attached to an aromatic ring is 1. The number of hydrogen-bond acceptors (Lipinski definition) is 4. The van der Waals surface area contributed by atoms with E-state index in [4.69, 9.17) is 5.73 Å². The van der Waals surface area contributed by atoms with Crippen molar-refractivity contribution in [3.05, 3.63) is 35.9 Å². The van der Waals surface area contributed by atoms with E-state index in [9.17, 15) is 0 Å². The molecule has 0 saturated heterocycles. The number of nitrogens with zero attached hydrogens (tertiary/aromatic N) is 4. The molecule has 2 N–H and O–H groups in total. The summed E-state index contributed by atoms with van der Waals surface area (Å²) in [6.07, 6.45) is 3.84. The van der Waals surface area contributed by atoms with E-state index in [2.05, 4.69) is 34.9 Å². The van der Waals surface area contributed by atoms with Crippen molar-refractivity contribution in [3.63, 3.8) is 0 Å². The van der Waals surface area contributed by atoms with Gasteiger partial charge in [0.2, 0.25) is 0 Å². The molecule has 2 aromatic rings. The minimum absolute atomic E-state index is 0.331. The van der Waals surface area contributed by atoms with Gasteiger partial charge in [0.15, 0.2) is 0 Å². The molecule has 5 heteroatoms. The summed E-state index contributed by atoms with van der Waals surface area (Å²) in [6.45, 7) is 6.08. The van der Waals surface area contributed by atoms with E-state index in [-0.39, 0.29) is 0 Å². The second-order valence-electron chi connectivity index (χ2n) is 5.58. The minimum Gasteiger partial charge on any atom is -0.398 e. The van der Waals surface area contributed by atoms with Crippen LogP contribution in [0.5, 0.6) is 0 Å². The molecule has 3 rings (SSSR count). The Balaban J connectivity index is 1.90. The highest BCUT2D eigenvalue weighted by molar-refractivity contribution is 5.66. The van der Waals surface area contributed by atoms with E-state index in [0.29, 0.717) is 6.04 Å². The van der Waals surface area contributed by atoms with Gasteiger partial charge in [-0.2, -0.15) is 5.10 Å². The van der Waals surface area contributed by atoms with Crippen LogP contribution in [0, 0.1) is 0 Å². The van der Waals surface area contributed by atoms with Crippen molar-refractivity contribution in [2.24, 2.45) is 0 Å². The van der Waals surface area contributed by atoms with Gasteiger partial charge < -0.3 is 10.6 Å². The van der Waals surface area contributed by atoms with Crippen molar-refractivity contribution in [2.45, 2.75) is 39.3 Å². The first-order valence-corrected chi connectivity index (χ1v) is 7.17. The van der Waals surface area contributed by atoms with Crippen LogP contribution in [0.4, 0.5) is 11.4 Å². The number of rotatable bonds is 3. The van der Waals surface area contributed by atoms with Crippen molar-refractivity contribution in [3.8, 4) is 0 Å². The monoisotopic (exact) mass is 271 g/mol. The highest BCUT2D eigenvalue weighted by Gasteiger charge is 2.20. The van der Waals surface area contributed by atoms with Crippen LogP contribution in [-0.4, -0.2) is 21.3 Å². The molecule has 5 nitrogen and oxygen atoms in total. The van der Waals surface area contributed by atoms with Gasteiger partial charge in [-0.3, -0.25) is 0 Å². The van der Waals surface area contributed by atoms with Crippen molar-refractivity contribution >= 4 is 11.4 Å². The molecule has 1 aliphatic rings. The van der Waals surface area contributed by atoms with Gasteiger partial charge >= 0.3 is 0 Å². The Bertz CT molecular complexity index is 602. The molecule has 1 aromatic carbocycles. The summed E-state index contributed by atoms with van der Waals surface area (Å²) >= 11 is 0. The first kappa shape index (κ1) is 13.0. The van der Waals surface area contributed by atoms with Crippen LogP contribution in [-0.2, 0) is 13.0 Å². The summed E-state index contributed by atoms with van der Waals surface area (Å²) in [7, 11) is 0. The van der Waals surface area contributed by atoms with Gasteiger partial charge in [0.1, 0.15) is 12.2 Å². The quantitative estimate of drug-likeness (QED) is 0.871. The zero-order chi connectivity index (χ0) is 14.1. The average Bonchev–Trinajstić information content (AvgIpc) is 2.88. The summed E-state index contributed by atoms with van der Waals surface area (Å²) in [4.78, 5) is 6.77. The lowest BCUT2D eigenvalue weighted by Crippen LogP contribution is -2.30. The van der Waals surface area contributed by atoms with Gasteiger partial charge in [-0.15, -0.1) is 0 Å². The standard InChI is InChI=1S/C15H21N5/c1-11(2)20-15(17-10-18-20)9-19-8-4-5-12-13(16)6-3-7-14(12)19/h3,6-7,10-11H,4-5,8-9,16H2,1-2H3. The summed E-state index contributed by atoms with van der Waals surface area (Å²) in [5.41, 5.74) is 9.51. The van der Waals surface area contributed by atoms with E-state index >= 15 is 0 Å². The lowest BCUT2D eigenvalue weighted by Gasteiger charge is -2.31. The molecule has 0 saturated carbocycles. The number of hydrogen-bond donors (Lipinski definition) is 1. The second kappa shape index (κ2) is 5.15. The Hall–Kier alpha value is -2.04. The average molecular weight is 271 g/mol. The number of anilines is 2. The maximum atomic E-state index is 6.10. The zero-order valence-electron chi connectivity index (χ0n) is 12.1. The van der Waals surface area contributed by atoms with Gasteiger partial charge in [0.25, 0.3) is 0 Å². The van der Waals surface area contributed by atoms with E-state index in [1.807, 2.05) is 16.8 Å². The van der Waals surface area contributed by atoms with Crippen LogP contribution < -0.4 is 10.6 Å². The summed E-state index contributed by atoms with van der Waals surface area (Å²) in [5.74, 6) is 1.01. The molecule has 1 aliphatic heterocycles. The highest BCUT2D eigenvalue weighted by Crippen LogP contribution is 2.32. The molecule has 0 spiro atoms. The number of fused-ring (bicyclic) bond motifs is 1. The van der Waals surface area contributed by atoms with Gasteiger partial charge in [-0.1, -0.05) is 6.07 Å². The third kappa shape index (κ3) is 2.24. The van der Waals surface area contributed by atoms with Crippen LogP contribution >= 0.6 is 0 Å². The Kier molecular flexibility index (Phi) is 3.34. The maximum Gasteiger partial charge on any atom is 0.146 e. The van der Waals surface area contributed by atoms with E-state index in [0.717, 1.165) is 37.4 Å². The predicted molar refractivity (Wildman–Crippen MR) is 80.6 cm³/mol. The summed E-state index contributed by atoms with van der Waals surface area (Å²) in [6, 6.07) is 6.50. The number of aromatic nitrogens is 3. The second-order valence-corrected chi connectivity index (χ2v) is 5.58. The Morgan fingerprint density at radius 1 is 1.35 bits per heavy atom. The van der Waals surface area contributed by atoms with Crippen molar-refractivity contribution in [1.29, 1.82) is 0 Å². The van der Waals surface area contributed by atoms with Crippen LogP contribution in [0.1, 0.15) is 37.7 Å². The first-order valence-electron chi connectivity index (χ1n) is 7.17. The third-order valence-electron chi connectivity index (χ3n) is 3.85. The van der Waals surface area contributed by atoms with Gasteiger partial charge in [0, 0.05) is 24.0 Å². The summed E-state index contributed by atoms with van der Waals surface area (Å²) in [5, 5.41) is 4.31. The van der Waals surface area contributed by atoms with E-state index < -0.39 is 0 Å². The van der Waals surface area contributed by atoms with Gasteiger partial charge in [-0.05, 0) is 44.4 Å². The van der Waals surface area contributed by atoms with E-state index in [1.165, 1.54) is 11.3 Å². The molecule has 0 radical (unpaired) electrons. The predicted octanol–water partition coefficient (Wildman–Crippen LogP) is 2.39. The third-order valence-corrected chi connectivity index (χ3v) is 3.85. The number of nitrogens with two attached hydrogens (primary N) is 1. The molecule has 0 aliphatic carbocycles. The fraction of sp³-hybridized carbons (Fsp3) is 0.467. The van der Waals surface area contributed by atoms with Crippen molar-refractivity contribution in [1.82, 2.24) is 14.8 Å². The van der Waals surface area contributed by atoms with Crippen LogP contribution in [0.25, 0.3) is 0 Å². The lowest BCUT2D eigenvalue weighted by atomic mass is 10.00. The Morgan fingerprint density at radius 2 is 2.20 bits per heavy atom. The number of benzene rings is 1. The molecule has 0 amide bonds. The molecule has 0 bridgehead atoms. The molecule has 106 valence electrons. The smallest absolute Gasteiger partial charge is 0.146 e. The fourth-order valence-electron chi connectivity index (χ4n) is 2.88. The largest absolute Gasteiger partial charge is 0.398 e. The Labute approximate surface area is 119 Å². The highest BCUT2D eigenvalue weighted by atomic mass is 15.4. The van der Waals surface area contributed by atoms with Crippen molar-refractivity contribution in [2.75, 3.05) is 17.2 Å². The van der Waals surface area contributed by atoms with Crippen molar-refractivity contribution < 1.29 is 0 Å². The van der Waals surface area contributed by atoms with Gasteiger partial charge in [0.05, 0.1) is 6.54 Å². The Morgan fingerprint density at radius 3 is 3.00 bits per heavy atom. The molecule has 0 unspecified atom stereocenters. The molecule has 0 atom stereocenters. The molecule has 1 aromatic heterocycles. The van der Waals surface area contributed by atoms with Crippen LogP contribution in [0.3, 0.4) is 0 Å². The lowest BCUT2D eigenvalue weighted by molar-refractivity contribution is 0.498. The first-order chi connectivity index (χ1) is 9.66. The van der Waals surface area contributed by atoms with Gasteiger partial charge in [-0.25, -0.2) is 9.67 Å². The normalized spacial score (nSPS) is 14.7. The van der Waals surface area contributed by atoms with E-state index in [1.54, 1.807) is 6.33 Å². The minimum atomic E-state index is 0.331. The SMILES string of the molecule is CC(C)n1ncnc1CN1CCCc2c(N)cccc21. The fourth-order valence-corrected chi connectivity index (χ4v) is 2.88. The van der Waals surface area contributed by atoms with Crippen LogP contribution in [0.2, 0.25) is 0 Å². The molecule has 2 heterocycles. The topological polar surface area (TPSA) is 60.0 Å². The summed E-state index contributed by atoms with van der Waals surface area (Å²) < 4.78 is 1.99. The molecular weight excluding hydrogens is 250 g/mol. The zero-order valence-corrected chi connectivity index (χ0v) is 12.1.